The topological polar surface area (TPSA) is 64.1 Å². The van der Waals surface area contributed by atoms with E-state index in [1.54, 1.807) is 0 Å². The highest BCUT2D eigenvalue weighted by Crippen LogP contribution is 2.32. The summed E-state index contributed by atoms with van der Waals surface area (Å²) < 4.78 is 21.3. The molecule has 1 heterocycles. The van der Waals surface area contributed by atoms with Crippen molar-refractivity contribution < 1.29 is 9.13 Å². The summed E-state index contributed by atoms with van der Waals surface area (Å²) in [5.74, 6) is -0.160. The average Bonchev–Trinajstić information content (AvgIpc) is 2.35. The Labute approximate surface area is 134 Å². The van der Waals surface area contributed by atoms with Crippen molar-refractivity contribution in [1.29, 1.82) is 0 Å². The number of hydrogen-bond acceptors (Lipinski definition) is 3. The largest absolute Gasteiger partial charge is 0.494 e. The smallest absolute Gasteiger partial charge is 0.333 e. The zero-order chi connectivity index (χ0) is 14.2. The summed E-state index contributed by atoms with van der Waals surface area (Å²) in [5.41, 5.74) is -1.15. The molecule has 100 valence electrons. The predicted molar refractivity (Wildman–Crippen MR) is 84.6 cm³/mol. The number of ether oxygens (including phenoxy) is 1. The molecule has 0 spiro atoms. The van der Waals surface area contributed by atoms with Crippen molar-refractivity contribution in [3.63, 3.8) is 0 Å². The summed E-state index contributed by atoms with van der Waals surface area (Å²) in [6.07, 6.45) is 1.23. The van der Waals surface area contributed by atoms with Crippen LogP contribution in [0.25, 0.3) is 5.69 Å². The molecule has 0 fully saturated rings. The van der Waals surface area contributed by atoms with E-state index in [1.165, 1.54) is 19.4 Å². The molecule has 1 N–H and O–H groups in total. The molecule has 2 rings (SSSR count). The van der Waals surface area contributed by atoms with Crippen molar-refractivity contribution in [3.05, 3.63) is 52.1 Å². The Bertz CT molecular complexity index is 755. The fourth-order valence-electron chi connectivity index (χ4n) is 1.54. The van der Waals surface area contributed by atoms with E-state index in [2.05, 4.69) is 4.98 Å². The quantitative estimate of drug-likeness (QED) is 0.519. The van der Waals surface area contributed by atoms with E-state index in [0.717, 1.165) is 10.6 Å². The number of nitrogens with zero attached hydrogens (tertiary/aromatic N) is 1. The lowest BCUT2D eigenvalue weighted by molar-refractivity contribution is 0.404. The molecule has 0 aliphatic carbocycles. The number of hydrogen-bond donors (Lipinski definition) is 1. The summed E-state index contributed by atoms with van der Waals surface area (Å²) in [7, 11) is 1.45. The monoisotopic (exact) mass is 488 g/mol. The lowest BCUT2D eigenvalue weighted by Crippen LogP contribution is -2.28. The van der Waals surface area contributed by atoms with Gasteiger partial charge in [-0.2, -0.15) is 0 Å². The molecule has 0 aliphatic rings. The van der Waals surface area contributed by atoms with Gasteiger partial charge in [-0.1, -0.05) is 0 Å². The Morgan fingerprint density at radius 1 is 1.37 bits per heavy atom. The Kier molecular flexibility index (Phi) is 4.28. The molecule has 0 radical (unpaired) electrons. The van der Waals surface area contributed by atoms with Crippen LogP contribution in [0.2, 0.25) is 0 Å². The molecule has 1 aromatic heterocycles. The lowest BCUT2D eigenvalue weighted by atomic mass is 10.3. The normalized spacial score (nSPS) is 10.5. The van der Waals surface area contributed by atoms with Gasteiger partial charge in [-0.25, -0.2) is 9.18 Å². The van der Waals surface area contributed by atoms with Crippen LogP contribution in [0, 0.1) is 13.0 Å². The number of benzene rings is 1. The van der Waals surface area contributed by atoms with Crippen LogP contribution in [0.5, 0.6) is 5.75 Å². The number of rotatable bonds is 2. The fourth-order valence-corrected chi connectivity index (χ4v) is 3.62. The van der Waals surface area contributed by atoms with E-state index < -0.39 is 17.1 Å². The molecular weight excluding hydrogens is 481 g/mol. The van der Waals surface area contributed by atoms with Gasteiger partial charge in [0.15, 0.2) is 5.82 Å². The van der Waals surface area contributed by atoms with E-state index in [0.29, 0.717) is 9.32 Å². The van der Waals surface area contributed by atoms with Gasteiger partial charge in [0.05, 0.1) is 19.9 Å². The maximum Gasteiger partial charge on any atom is 0.333 e. The lowest BCUT2D eigenvalue weighted by Gasteiger charge is -2.12. The summed E-state index contributed by atoms with van der Waals surface area (Å²) in [6, 6.07) is 2.64. The van der Waals surface area contributed by atoms with Crippen LogP contribution in [0.4, 0.5) is 4.39 Å². The summed E-state index contributed by atoms with van der Waals surface area (Å²) >= 11 is 3.80. The molecule has 0 aliphatic heterocycles. The molecule has 1 aromatic carbocycles. The number of H-pyrrole nitrogens is 1. The van der Waals surface area contributed by atoms with E-state index in [4.69, 9.17) is 4.74 Å². The molecule has 0 bridgehead atoms. The zero-order valence-electron chi connectivity index (χ0n) is 9.54. The van der Waals surface area contributed by atoms with Crippen molar-refractivity contribution in [1.82, 2.24) is 9.55 Å². The standard InChI is InChI=1S/C11H7FI2N2O3/c1-19-10-5(13)4-6(8(12)9(10)14)16-3-2-7(17)15-11(16)18/h2-4H,1H3,(H,15,17,18). The highest BCUT2D eigenvalue weighted by Gasteiger charge is 2.17. The Balaban J connectivity index is 2.77. The minimum Gasteiger partial charge on any atom is -0.494 e. The zero-order valence-corrected chi connectivity index (χ0v) is 13.9. The van der Waals surface area contributed by atoms with E-state index in [9.17, 15) is 14.0 Å². The van der Waals surface area contributed by atoms with Gasteiger partial charge in [0.2, 0.25) is 0 Å². The average molecular weight is 488 g/mol. The van der Waals surface area contributed by atoms with Gasteiger partial charge >= 0.3 is 5.69 Å². The predicted octanol–water partition coefficient (Wildman–Crippen LogP) is 1.88. The number of aromatic amines is 1. The van der Waals surface area contributed by atoms with Crippen molar-refractivity contribution in [2.45, 2.75) is 0 Å². The molecule has 0 saturated heterocycles. The molecule has 0 unspecified atom stereocenters. The van der Waals surface area contributed by atoms with Gasteiger partial charge in [-0.05, 0) is 51.2 Å². The van der Waals surface area contributed by atoms with E-state index in [1.807, 2.05) is 45.2 Å². The van der Waals surface area contributed by atoms with Crippen molar-refractivity contribution in [2.75, 3.05) is 7.11 Å². The summed E-state index contributed by atoms with van der Waals surface area (Å²) in [6.45, 7) is 0. The van der Waals surface area contributed by atoms with Crippen LogP contribution in [0.1, 0.15) is 0 Å². The third-order valence-corrected chi connectivity index (χ3v) is 4.15. The van der Waals surface area contributed by atoms with E-state index in [-0.39, 0.29) is 9.26 Å². The Morgan fingerprint density at radius 3 is 2.63 bits per heavy atom. The number of nitrogens with one attached hydrogen (secondary N) is 1. The molecule has 2 aromatic rings. The van der Waals surface area contributed by atoms with Gasteiger partial charge in [-0.15, -0.1) is 0 Å². The van der Waals surface area contributed by atoms with Crippen LogP contribution < -0.4 is 16.0 Å². The molecule has 0 saturated carbocycles. The number of aromatic nitrogens is 2. The molecule has 19 heavy (non-hydrogen) atoms. The SMILES string of the molecule is COc1c(I)cc(-n2ccc(=O)[nH]c2=O)c(F)c1I. The van der Waals surface area contributed by atoms with Gasteiger partial charge in [0.25, 0.3) is 5.56 Å². The first-order valence-corrected chi connectivity index (χ1v) is 7.15. The minimum atomic E-state index is -0.692. The van der Waals surface area contributed by atoms with Crippen LogP contribution in [0.15, 0.2) is 27.9 Å². The number of halogens is 3. The van der Waals surface area contributed by atoms with Gasteiger partial charge < -0.3 is 4.74 Å². The Morgan fingerprint density at radius 2 is 2.05 bits per heavy atom. The van der Waals surface area contributed by atoms with Crippen LogP contribution >= 0.6 is 45.2 Å². The molecule has 8 heteroatoms. The maximum absolute atomic E-state index is 14.3. The second-order valence-corrected chi connectivity index (χ2v) is 5.76. The third kappa shape index (κ3) is 2.68. The summed E-state index contributed by atoms with van der Waals surface area (Å²) in [5, 5.41) is 0. The van der Waals surface area contributed by atoms with Crippen LogP contribution in [0.3, 0.4) is 0 Å². The van der Waals surface area contributed by atoms with Crippen LogP contribution in [-0.2, 0) is 0 Å². The number of methoxy groups -OCH3 is 1. The molecule has 5 nitrogen and oxygen atoms in total. The minimum absolute atomic E-state index is 0.0656. The fraction of sp³-hybridized carbons (Fsp3) is 0.0909. The van der Waals surface area contributed by atoms with Crippen molar-refractivity contribution >= 4 is 45.2 Å². The van der Waals surface area contributed by atoms with Crippen molar-refractivity contribution in [2.24, 2.45) is 0 Å². The van der Waals surface area contributed by atoms with E-state index >= 15 is 0 Å². The first-order valence-electron chi connectivity index (χ1n) is 4.99. The second-order valence-electron chi connectivity index (χ2n) is 3.52. The van der Waals surface area contributed by atoms with Crippen LogP contribution in [-0.4, -0.2) is 16.7 Å². The first kappa shape index (κ1) is 14.5. The Hall–Kier alpha value is -0.910. The third-order valence-electron chi connectivity index (χ3n) is 2.38. The van der Waals surface area contributed by atoms with Gasteiger partial charge in [0.1, 0.15) is 5.75 Å². The molecule has 0 atom stereocenters. The van der Waals surface area contributed by atoms with Gasteiger partial charge in [-0.3, -0.25) is 14.3 Å². The van der Waals surface area contributed by atoms with Gasteiger partial charge in [0, 0.05) is 12.3 Å². The highest BCUT2D eigenvalue weighted by atomic mass is 127. The first-order chi connectivity index (χ1) is 8.95. The summed E-state index contributed by atoms with van der Waals surface area (Å²) in [4.78, 5) is 24.8. The maximum atomic E-state index is 14.3. The second kappa shape index (κ2) is 5.61. The molecule has 0 amide bonds. The highest BCUT2D eigenvalue weighted by molar-refractivity contribution is 14.1. The molecular formula is C11H7FI2N2O3. The van der Waals surface area contributed by atoms with Crippen molar-refractivity contribution in [3.8, 4) is 11.4 Å².